The lowest BCUT2D eigenvalue weighted by atomic mass is 10.2. The van der Waals surface area contributed by atoms with E-state index in [9.17, 15) is 9.18 Å². The molecule has 0 aliphatic carbocycles. The van der Waals surface area contributed by atoms with Gasteiger partial charge in [0.1, 0.15) is 5.82 Å². The first-order chi connectivity index (χ1) is 9.00. The predicted molar refractivity (Wildman–Crippen MR) is 69.8 cm³/mol. The molecule has 0 saturated carbocycles. The Morgan fingerprint density at radius 3 is 2.95 bits per heavy atom. The first kappa shape index (κ1) is 13.8. The molecule has 0 aliphatic rings. The molecule has 0 spiro atoms. The van der Waals surface area contributed by atoms with E-state index in [1.165, 1.54) is 12.1 Å². The van der Waals surface area contributed by atoms with Gasteiger partial charge in [0.25, 0.3) is 0 Å². The SMILES string of the molecule is Cn1c(SCC(=O)O)nnc1-c1cccc(F)c1Cl. The zero-order valence-corrected chi connectivity index (χ0v) is 11.4. The van der Waals surface area contributed by atoms with Crippen molar-refractivity contribution in [2.24, 2.45) is 7.05 Å². The molecule has 1 aromatic heterocycles. The van der Waals surface area contributed by atoms with Gasteiger partial charge in [0.15, 0.2) is 11.0 Å². The number of thioether (sulfide) groups is 1. The van der Waals surface area contributed by atoms with Crippen LogP contribution in [0.2, 0.25) is 5.02 Å². The van der Waals surface area contributed by atoms with Gasteiger partial charge in [-0.05, 0) is 12.1 Å². The van der Waals surface area contributed by atoms with E-state index in [1.54, 1.807) is 17.7 Å². The molecule has 0 unspecified atom stereocenters. The van der Waals surface area contributed by atoms with Gasteiger partial charge in [-0.1, -0.05) is 29.4 Å². The van der Waals surface area contributed by atoms with Crippen LogP contribution in [0.15, 0.2) is 23.4 Å². The van der Waals surface area contributed by atoms with E-state index in [1.807, 2.05) is 0 Å². The zero-order valence-electron chi connectivity index (χ0n) is 9.80. The van der Waals surface area contributed by atoms with Gasteiger partial charge < -0.3 is 9.67 Å². The number of rotatable bonds is 4. The smallest absolute Gasteiger partial charge is 0.313 e. The van der Waals surface area contributed by atoms with Crippen LogP contribution in [0.1, 0.15) is 0 Å². The minimum Gasteiger partial charge on any atom is -0.481 e. The van der Waals surface area contributed by atoms with E-state index in [0.717, 1.165) is 11.8 Å². The van der Waals surface area contributed by atoms with Gasteiger partial charge >= 0.3 is 5.97 Å². The Kier molecular flexibility index (Phi) is 4.06. The number of hydrogen-bond acceptors (Lipinski definition) is 4. The Morgan fingerprint density at radius 2 is 2.26 bits per heavy atom. The average Bonchev–Trinajstić information content (AvgIpc) is 2.72. The second kappa shape index (κ2) is 5.58. The van der Waals surface area contributed by atoms with Crippen molar-refractivity contribution in [2.75, 3.05) is 5.75 Å². The molecule has 1 aromatic carbocycles. The summed E-state index contributed by atoms with van der Waals surface area (Å²) in [5.41, 5.74) is 0.416. The lowest BCUT2D eigenvalue weighted by molar-refractivity contribution is -0.133. The third-order valence-electron chi connectivity index (χ3n) is 2.35. The van der Waals surface area contributed by atoms with E-state index >= 15 is 0 Å². The molecule has 0 radical (unpaired) electrons. The number of carbonyl (C=O) groups is 1. The van der Waals surface area contributed by atoms with E-state index in [0.29, 0.717) is 16.5 Å². The maximum Gasteiger partial charge on any atom is 0.313 e. The molecule has 1 heterocycles. The van der Waals surface area contributed by atoms with Crippen molar-refractivity contribution < 1.29 is 14.3 Å². The van der Waals surface area contributed by atoms with E-state index in [2.05, 4.69) is 10.2 Å². The van der Waals surface area contributed by atoms with Crippen LogP contribution < -0.4 is 0 Å². The summed E-state index contributed by atoms with van der Waals surface area (Å²) in [6.45, 7) is 0. The van der Waals surface area contributed by atoms with E-state index in [4.69, 9.17) is 16.7 Å². The van der Waals surface area contributed by atoms with Crippen LogP contribution in [0.3, 0.4) is 0 Å². The van der Waals surface area contributed by atoms with Crippen molar-refractivity contribution in [3.05, 3.63) is 29.0 Å². The Bertz CT molecular complexity index is 632. The molecule has 0 saturated heterocycles. The minimum atomic E-state index is -0.946. The molecule has 0 bridgehead atoms. The largest absolute Gasteiger partial charge is 0.481 e. The normalized spacial score (nSPS) is 10.7. The molecule has 2 aromatic rings. The lowest BCUT2D eigenvalue weighted by Gasteiger charge is -2.05. The number of nitrogens with zero attached hydrogens (tertiary/aromatic N) is 3. The molecular weight excluding hydrogens is 293 g/mol. The molecule has 2 rings (SSSR count). The zero-order chi connectivity index (χ0) is 14.0. The fraction of sp³-hybridized carbons (Fsp3) is 0.182. The Morgan fingerprint density at radius 1 is 1.53 bits per heavy atom. The van der Waals surface area contributed by atoms with Crippen molar-refractivity contribution in [1.29, 1.82) is 0 Å². The minimum absolute atomic E-state index is 0.0345. The van der Waals surface area contributed by atoms with Crippen molar-refractivity contribution >= 4 is 29.3 Å². The number of carboxylic acid groups (broad SMARTS) is 1. The third kappa shape index (κ3) is 2.87. The average molecular weight is 302 g/mol. The number of aromatic nitrogens is 3. The van der Waals surface area contributed by atoms with Crippen LogP contribution in [0.25, 0.3) is 11.4 Å². The molecule has 8 heteroatoms. The van der Waals surface area contributed by atoms with Crippen LogP contribution in [-0.4, -0.2) is 31.6 Å². The van der Waals surface area contributed by atoms with Gasteiger partial charge in [0.2, 0.25) is 0 Å². The summed E-state index contributed by atoms with van der Waals surface area (Å²) < 4.78 is 15.0. The predicted octanol–water partition coefficient (Wildman–Crippen LogP) is 2.45. The Balaban J connectivity index is 2.36. The van der Waals surface area contributed by atoms with Crippen LogP contribution in [0.5, 0.6) is 0 Å². The molecule has 19 heavy (non-hydrogen) atoms. The summed E-state index contributed by atoms with van der Waals surface area (Å²) in [6, 6.07) is 4.40. The molecule has 0 aliphatic heterocycles. The highest BCUT2D eigenvalue weighted by molar-refractivity contribution is 7.99. The summed E-state index contributed by atoms with van der Waals surface area (Å²) in [4.78, 5) is 10.5. The molecule has 100 valence electrons. The van der Waals surface area contributed by atoms with Crippen LogP contribution in [0, 0.1) is 5.82 Å². The summed E-state index contributed by atoms with van der Waals surface area (Å²) in [7, 11) is 1.67. The van der Waals surface area contributed by atoms with Gasteiger partial charge in [-0.2, -0.15) is 0 Å². The van der Waals surface area contributed by atoms with E-state index < -0.39 is 11.8 Å². The molecule has 5 nitrogen and oxygen atoms in total. The topological polar surface area (TPSA) is 68.0 Å². The van der Waals surface area contributed by atoms with Gasteiger partial charge in [0, 0.05) is 12.6 Å². The quantitative estimate of drug-likeness (QED) is 0.879. The maximum atomic E-state index is 13.4. The second-order valence-electron chi connectivity index (χ2n) is 3.65. The highest BCUT2D eigenvalue weighted by atomic mass is 35.5. The van der Waals surface area contributed by atoms with Crippen molar-refractivity contribution in [2.45, 2.75) is 5.16 Å². The summed E-state index contributed by atoms with van der Waals surface area (Å²) >= 11 is 6.91. The maximum absolute atomic E-state index is 13.4. The number of benzene rings is 1. The highest BCUT2D eigenvalue weighted by Gasteiger charge is 2.16. The fourth-order valence-corrected chi connectivity index (χ4v) is 2.32. The second-order valence-corrected chi connectivity index (χ2v) is 4.97. The molecule has 0 fully saturated rings. The van der Waals surface area contributed by atoms with Gasteiger partial charge in [-0.25, -0.2) is 4.39 Å². The molecule has 0 atom stereocenters. The van der Waals surface area contributed by atoms with Crippen LogP contribution >= 0.6 is 23.4 Å². The van der Waals surface area contributed by atoms with Crippen LogP contribution in [0.4, 0.5) is 4.39 Å². The molecule has 0 amide bonds. The van der Waals surface area contributed by atoms with Gasteiger partial charge in [-0.3, -0.25) is 4.79 Å². The first-order valence-electron chi connectivity index (χ1n) is 5.19. The highest BCUT2D eigenvalue weighted by Crippen LogP contribution is 2.30. The summed E-state index contributed by atoms with van der Waals surface area (Å²) in [6.07, 6.45) is 0. The third-order valence-corrected chi connectivity index (χ3v) is 3.74. The van der Waals surface area contributed by atoms with Gasteiger partial charge in [0.05, 0.1) is 10.8 Å². The number of halogens is 2. The van der Waals surface area contributed by atoms with Crippen molar-refractivity contribution in [1.82, 2.24) is 14.8 Å². The summed E-state index contributed by atoms with van der Waals surface area (Å²) in [5, 5.41) is 16.8. The standard InChI is InChI=1S/C11H9ClFN3O2S/c1-16-10(6-3-2-4-7(13)9(6)12)14-15-11(16)19-5-8(17)18/h2-4H,5H2,1H3,(H,17,18). The monoisotopic (exact) mass is 301 g/mol. The molecular formula is C11H9ClFN3O2S. The number of hydrogen-bond donors (Lipinski definition) is 1. The number of aliphatic carboxylic acids is 1. The van der Waals surface area contributed by atoms with E-state index in [-0.39, 0.29) is 10.8 Å². The lowest BCUT2D eigenvalue weighted by Crippen LogP contribution is -2.01. The first-order valence-corrected chi connectivity index (χ1v) is 6.55. The number of carboxylic acids is 1. The Labute approximate surface area is 117 Å². The van der Waals surface area contributed by atoms with Crippen molar-refractivity contribution in [3.8, 4) is 11.4 Å². The Hall–Kier alpha value is -1.60. The van der Waals surface area contributed by atoms with Crippen LogP contribution in [-0.2, 0) is 11.8 Å². The summed E-state index contributed by atoms with van der Waals surface area (Å²) in [5.74, 6) is -1.22. The molecule has 1 N–H and O–H groups in total. The fourth-order valence-electron chi connectivity index (χ4n) is 1.48. The van der Waals surface area contributed by atoms with Crippen molar-refractivity contribution in [3.63, 3.8) is 0 Å². The van der Waals surface area contributed by atoms with Gasteiger partial charge in [-0.15, -0.1) is 10.2 Å².